The van der Waals surface area contributed by atoms with Gasteiger partial charge in [-0.1, -0.05) is 23.7 Å². The monoisotopic (exact) mass is 328 g/mol. The van der Waals surface area contributed by atoms with Gasteiger partial charge in [-0.3, -0.25) is 9.59 Å². The number of hydrogen-bond acceptors (Lipinski definition) is 2. The standard InChI is InChI=1S/C18H17ClN2O2/c1-12-11-15(19)8-9-16(12)21-17(22)10-5-13-3-6-14(7-4-13)18(23)20-2/h3-11H,1-2H3,(H,20,23)(H,21,22)/b10-5+. The number of amides is 2. The van der Waals surface area contributed by atoms with Gasteiger partial charge in [0.15, 0.2) is 0 Å². The minimum atomic E-state index is -0.231. The van der Waals surface area contributed by atoms with Crippen molar-refractivity contribution in [3.05, 3.63) is 70.3 Å². The minimum Gasteiger partial charge on any atom is -0.355 e. The van der Waals surface area contributed by atoms with Crippen LogP contribution in [0.25, 0.3) is 6.08 Å². The maximum absolute atomic E-state index is 11.9. The molecule has 2 aromatic rings. The van der Waals surface area contributed by atoms with E-state index in [1.54, 1.807) is 55.6 Å². The molecule has 0 saturated heterocycles. The van der Waals surface area contributed by atoms with Gasteiger partial charge in [0.25, 0.3) is 5.91 Å². The highest BCUT2D eigenvalue weighted by atomic mass is 35.5. The van der Waals surface area contributed by atoms with E-state index < -0.39 is 0 Å². The third kappa shape index (κ3) is 4.69. The minimum absolute atomic E-state index is 0.142. The molecule has 0 aliphatic rings. The summed E-state index contributed by atoms with van der Waals surface area (Å²) in [4.78, 5) is 23.4. The van der Waals surface area contributed by atoms with Gasteiger partial charge in [0.1, 0.15) is 0 Å². The number of nitrogens with one attached hydrogen (secondary N) is 2. The molecule has 0 saturated carbocycles. The van der Waals surface area contributed by atoms with Gasteiger partial charge in [-0.05, 0) is 54.5 Å². The van der Waals surface area contributed by atoms with Crippen LogP contribution in [0.3, 0.4) is 0 Å². The van der Waals surface area contributed by atoms with Gasteiger partial charge in [-0.25, -0.2) is 0 Å². The Kier molecular flexibility index (Phi) is 5.55. The number of benzene rings is 2. The Hall–Kier alpha value is -2.59. The van der Waals surface area contributed by atoms with E-state index in [4.69, 9.17) is 11.6 Å². The quantitative estimate of drug-likeness (QED) is 0.841. The summed E-state index contributed by atoms with van der Waals surface area (Å²) in [6.07, 6.45) is 3.14. The van der Waals surface area contributed by atoms with Crippen LogP contribution in [0, 0.1) is 6.92 Å². The molecule has 0 fully saturated rings. The van der Waals surface area contributed by atoms with Gasteiger partial charge in [0, 0.05) is 29.4 Å². The van der Waals surface area contributed by atoms with E-state index in [2.05, 4.69) is 10.6 Å². The predicted molar refractivity (Wildman–Crippen MR) is 93.7 cm³/mol. The van der Waals surface area contributed by atoms with Gasteiger partial charge in [-0.2, -0.15) is 0 Å². The van der Waals surface area contributed by atoms with Crippen LogP contribution in [0.4, 0.5) is 5.69 Å². The third-order valence-corrected chi connectivity index (χ3v) is 3.51. The summed E-state index contributed by atoms with van der Waals surface area (Å²) in [5.41, 5.74) is 3.03. The smallest absolute Gasteiger partial charge is 0.251 e. The van der Waals surface area contributed by atoms with E-state index in [9.17, 15) is 9.59 Å². The largest absolute Gasteiger partial charge is 0.355 e. The molecule has 118 valence electrons. The van der Waals surface area contributed by atoms with Crippen molar-refractivity contribution in [3.63, 3.8) is 0 Å². The van der Waals surface area contributed by atoms with Crippen molar-refractivity contribution < 1.29 is 9.59 Å². The lowest BCUT2D eigenvalue weighted by atomic mass is 10.1. The Morgan fingerprint density at radius 2 is 1.78 bits per heavy atom. The Morgan fingerprint density at radius 1 is 1.09 bits per heavy atom. The van der Waals surface area contributed by atoms with E-state index in [1.807, 2.05) is 6.92 Å². The van der Waals surface area contributed by atoms with Crippen molar-refractivity contribution in [2.24, 2.45) is 0 Å². The van der Waals surface area contributed by atoms with E-state index in [0.29, 0.717) is 10.6 Å². The Morgan fingerprint density at radius 3 is 2.39 bits per heavy atom. The molecule has 2 N–H and O–H groups in total. The highest BCUT2D eigenvalue weighted by Crippen LogP contribution is 2.19. The molecule has 0 aliphatic heterocycles. The average Bonchev–Trinajstić information content (AvgIpc) is 2.55. The normalized spacial score (nSPS) is 10.6. The maximum atomic E-state index is 11.9. The molecule has 0 heterocycles. The van der Waals surface area contributed by atoms with Gasteiger partial charge >= 0.3 is 0 Å². The maximum Gasteiger partial charge on any atom is 0.251 e. The number of anilines is 1. The molecule has 2 aromatic carbocycles. The molecule has 0 unspecified atom stereocenters. The van der Waals surface area contributed by atoms with Gasteiger partial charge in [0.2, 0.25) is 5.91 Å². The summed E-state index contributed by atoms with van der Waals surface area (Å²) in [6, 6.07) is 12.3. The first-order chi connectivity index (χ1) is 11.0. The molecule has 2 amide bonds. The summed E-state index contributed by atoms with van der Waals surface area (Å²) in [5.74, 6) is -0.373. The van der Waals surface area contributed by atoms with Crippen LogP contribution in [0.1, 0.15) is 21.5 Å². The van der Waals surface area contributed by atoms with Crippen LogP contribution in [0.15, 0.2) is 48.5 Å². The van der Waals surface area contributed by atoms with Crippen molar-refractivity contribution in [3.8, 4) is 0 Å². The highest BCUT2D eigenvalue weighted by molar-refractivity contribution is 6.30. The number of carbonyl (C=O) groups excluding carboxylic acids is 2. The zero-order chi connectivity index (χ0) is 16.8. The second-order valence-electron chi connectivity index (χ2n) is 4.98. The molecular formula is C18H17ClN2O2. The van der Waals surface area contributed by atoms with Crippen LogP contribution in [-0.4, -0.2) is 18.9 Å². The Balaban J connectivity index is 2.02. The van der Waals surface area contributed by atoms with Gasteiger partial charge in [-0.15, -0.1) is 0 Å². The van der Waals surface area contributed by atoms with Crippen LogP contribution < -0.4 is 10.6 Å². The predicted octanol–water partition coefficient (Wildman–Crippen LogP) is 3.66. The molecule has 0 radical (unpaired) electrons. The lowest BCUT2D eigenvalue weighted by molar-refractivity contribution is -0.111. The first-order valence-corrected chi connectivity index (χ1v) is 7.45. The molecule has 5 heteroatoms. The summed E-state index contributed by atoms with van der Waals surface area (Å²) >= 11 is 5.89. The van der Waals surface area contributed by atoms with Crippen molar-refractivity contribution in [1.82, 2.24) is 5.32 Å². The fraction of sp³-hybridized carbons (Fsp3) is 0.111. The van der Waals surface area contributed by atoms with Gasteiger partial charge < -0.3 is 10.6 Å². The molecular weight excluding hydrogens is 312 g/mol. The van der Waals surface area contributed by atoms with Crippen LogP contribution in [0.2, 0.25) is 5.02 Å². The third-order valence-electron chi connectivity index (χ3n) is 3.27. The van der Waals surface area contributed by atoms with E-state index >= 15 is 0 Å². The van der Waals surface area contributed by atoms with Crippen LogP contribution in [0.5, 0.6) is 0 Å². The van der Waals surface area contributed by atoms with Crippen LogP contribution in [-0.2, 0) is 4.79 Å². The number of hydrogen-bond donors (Lipinski definition) is 2. The number of halogens is 1. The molecule has 23 heavy (non-hydrogen) atoms. The number of carbonyl (C=O) groups is 2. The fourth-order valence-corrected chi connectivity index (χ4v) is 2.23. The van der Waals surface area contributed by atoms with E-state index in [0.717, 1.165) is 16.8 Å². The lowest BCUT2D eigenvalue weighted by Gasteiger charge is -2.06. The first-order valence-electron chi connectivity index (χ1n) is 7.07. The summed E-state index contributed by atoms with van der Waals surface area (Å²) in [5, 5.41) is 5.99. The molecule has 0 aromatic heterocycles. The lowest BCUT2D eigenvalue weighted by Crippen LogP contribution is -2.17. The zero-order valence-electron chi connectivity index (χ0n) is 12.9. The topological polar surface area (TPSA) is 58.2 Å². The van der Waals surface area contributed by atoms with Crippen molar-refractivity contribution in [2.75, 3.05) is 12.4 Å². The number of rotatable bonds is 4. The second kappa shape index (κ2) is 7.61. The van der Waals surface area contributed by atoms with Crippen LogP contribution >= 0.6 is 11.6 Å². The average molecular weight is 329 g/mol. The summed E-state index contributed by atoms with van der Waals surface area (Å²) < 4.78 is 0. The second-order valence-corrected chi connectivity index (χ2v) is 5.42. The molecule has 2 rings (SSSR count). The zero-order valence-corrected chi connectivity index (χ0v) is 13.6. The van der Waals surface area contributed by atoms with E-state index in [-0.39, 0.29) is 11.8 Å². The molecule has 0 atom stereocenters. The van der Waals surface area contributed by atoms with Gasteiger partial charge in [0.05, 0.1) is 0 Å². The molecule has 0 spiro atoms. The molecule has 0 aliphatic carbocycles. The molecule has 0 bridgehead atoms. The SMILES string of the molecule is CNC(=O)c1ccc(/C=C/C(=O)Nc2ccc(Cl)cc2C)cc1. The summed E-state index contributed by atoms with van der Waals surface area (Å²) in [7, 11) is 1.58. The number of aryl methyl sites for hydroxylation is 1. The summed E-state index contributed by atoms with van der Waals surface area (Å²) in [6.45, 7) is 1.88. The highest BCUT2D eigenvalue weighted by Gasteiger charge is 2.03. The van der Waals surface area contributed by atoms with Crippen molar-refractivity contribution in [1.29, 1.82) is 0 Å². The first kappa shape index (κ1) is 16.8. The van der Waals surface area contributed by atoms with Crippen molar-refractivity contribution in [2.45, 2.75) is 6.92 Å². The molecule has 4 nitrogen and oxygen atoms in total. The Labute approximate surface area is 140 Å². The van der Waals surface area contributed by atoms with E-state index in [1.165, 1.54) is 6.08 Å². The fourth-order valence-electron chi connectivity index (χ4n) is 2.00. The van der Waals surface area contributed by atoms with Crippen molar-refractivity contribution >= 4 is 35.2 Å². The Bertz CT molecular complexity index is 752.